The molecule has 2 amide bonds. The quantitative estimate of drug-likeness (QED) is 0.495. The third kappa shape index (κ3) is 7.03. The van der Waals surface area contributed by atoms with Gasteiger partial charge in [-0.05, 0) is 24.8 Å². The van der Waals surface area contributed by atoms with E-state index in [1.165, 1.54) is 6.07 Å². The van der Waals surface area contributed by atoms with Gasteiger partial charge in [-0.2, -0.15) is 13.2 Å². The third-order valence-corrected chi connectivity index (χ3v) is 6.10. The number of carboxylic acids is 1. The van der Waals surface area contributed by atoms with Crippen molar-refractivity contribution in [3.63, 3.8) is 0 Å². The van der Waals surface area contributed by atoms with E-state index < -0.39 is 12.1 Å². The predicted molar refractivity (Wildman–Crippen MR) is 113 cm³/mol. The van der Waals surface area contributed by atoms with Crippen molar-refractivity contribution in [1.29, 1.82) is 0 Å². The molecule has 3 rings (SSSR count). The lowest BCUT2D eigenvalue weighted by atomic mass is 9.85. The summed E-state index contributed by atoms with van der Waals surface area (Å²) in [7, 11) is 0. The number of likely N-dealkylation sites (tertiary alicyclic amines) is 1. The van der Waals surface area contributed by atoms with Gasteiger partial charge in [0.25, 0.3) is 0 Å². The molecule has 0 aliphatic carbocycles. The molecule has 0 aromatic heterocycles. The Balaban J connectivity index is 0.000000451. The first-order chi connectivity index (χ1) is 14.9. The van der Waals surface area contributed by atoms with Crippen LogP contribution in [0.15, 0.2) is 12.1 Å². The first kappa shape index (κ1) is 26.3. The number of carboxylic acid groups (broad SMARTS) is 1. The number of carbonyl (C=O) groups excluding carboxylic acids is 1. The van der Waals surface area contributed by atoms with Crippen LogP contribution < -0.4 is 11.1 Å². The van der Waals surface area contributed by atoms with Gasteiger partial charge < -0.3 is 31.1 Å². The standard InChI is InChI=1S/C17H24Cl2N4O2.C2HF3O2/c18-13-9-12(15(24)10-14(13)19)16(20)11-1-5-22(6-2-11)17(25)23-7-3-21-4-8-23;3-2(4,5)1(6)7/h9-11,16,21,24H,1-8,20H2;(H,6,7)/t16-;/m1./s1. The highest BCUT2D eigenvalue weighted by molar-refractivity contribution is 6.42. The zero-order chi connectivity index (χ0) is 24.1. The van der Waals surface area contributed by atoms with Gasteiger partial charge in [-0.3, -0.25) is 0 Å². The predicted octanol–water partition coefficient (Wildman–Crippen LogP) is 3.07. The minimum absolute atomic E-state index is 0.0706. The molecule has 5 N–H and O–H groups in total. The number of nitrogens with two attached hydrogens (primary N) is 1. The van der Waals surface area contributed by atoms with E-state index in [1.54, 1.807) is 6.07 Å². The van der Waals surface area contributed by atoms with Crippen LogP contribution in [-0.2, 0) is 4.79 Å². The zero-order valence-electron chi connectivity index (χ0n) is 17.0. The van der Waals surface area contributed by atoms with Gasteiger partial charge in [0.2, 0.25) is 0 Å². The van der Waals surface area contributed by atoms with Crippen LogP contribution in [0, 0.1) is 5.92 Å². The number of nitrogens with zero attached hydrogens (tertiary/aromatic N) is 2. The Labute approximate surface area is 193 Å². The van der Waals surface area contributed by atoms with E-state index in [2.05, 4.69) is 5.32 Å². The number of benzene rings is 1. The summed E-state index contributed by atoms with van der Waals surface area (Å²) in [6, 6.07) is 2.86. The summed E-state index contributed by atoms with van der Waals surface area (Å²) >= 11 is 12.0. The number of aliphatic carboxylic acids is 1. The number of phenolic OH excluding ortho intramolecular Hbond substituents is 1. The average molecular weight is 501 g/mol. The maximum absolute atomic E-state index is 12.6. The number of piperidine rings is 1. The Kier molecular flexibility index (Phi) is 9.26. The molecule has 2 heterocycles. The number of aromatic hydroxyl groups is 1. The lowest BCUT2D eigenvalue weighted by Crippen LogP contribution is -2.53. The summed E-state index contributed by atoms with van der Waals surface area (Å²) in [5.74, 6) is -2.50. The maximum Gasteiger partial charge on any atom is 0.490 e. The smallest absolute Gasteiger partial charge is 0.490 e. The fourth-order valence-corrected chi connectivity index (χ4v) is 3.91. The second kappa shape index (κ2) is 11.3. The molecule has 2 aliphatic rings. The molecule has 0 spiro atoms. The Morgan fingerprint density at radius 3 is 2.03 bits per heavy atom. The van der Waals surface area contributed by atoms with E-state index in [9.17, 15) is 23.1 Å². The first-order valence-corrected chi connectivity index (χ1v) is 10.7. The second-order valence-electron chi connectivity index (χ2n) is 7.50. The molecule has 1 atom stereocenters. The second-order valence-corrected chi connectivity index (χ2v) is 8.31. The van der Waals surface area contributed by atoms with Crippen molar-refractivity contribution >= 4 is 35.2 Å². The van der Waals surface area contributed by atoms with Gasteiger partial charge in [0.1, 0.15) is 5.75 Å². The molecule has 32 heavy (non-hydrogen) atoms. The van der Waals surface area contributed by atoms with Crippen LogP contribution >= 0.6 is 23.2 Å². The molecule has 2 fully saturated rings. The molecule has 0 bridgehead atoms. The monoisotopic (exact) mass is 500 g/mol. The minimum atomic E-state index is -5.08. The largest absolute Gasteiger partial charge is 0.508 e. The highest BCUT2D eigenvalue weighted by atomic mass is 35.5. The third-order valence-electron chi connectivity index (χ3n) is 5.38. The minimum Gasteiger partial charge on any atom is -0.508 e. The molecule has 13 heteroatoms. The van der Waals surface area contributed by atoms with Crippen LogP contribution in [0.1, 0.15) is 24.4 Å². The van der Waals surface area contributed by atoms with Gasteiger partial charge in [0.05, 0.1) is 10.0 Å². The summed E-state index contributed by atoms with van der Waals surface area (Å²) in [4.78, 5) is 25.3. The molecule has 0 unspecified atom stereocenters. The number of hydrogen-bond acceptors (Lipinski definition) is 5. The fraction of sp³-hybridized carbons (Fsp3) is 0.579. The van der Waals surface area contributed by atoms with E-state index in [0.717, 1.165) is 39.0 Å². The number of phenols is 1. The SMILES string of the molecule is N[C@@H](c1cc(Cl)c(Cl)cc1O)C1CCN(C(=O)N2CCNCC2)CC1.O=C(O)C(F)(F)F. The van der Waals surface area contributed by atoms with E-state index in [0.29, 0.717) is 28.7 Å². The summed E-state index contributed by atoms with van der Waals surface area (Å²) in [6.45, 7) is 4.59. The van der Waals surface area contributed by atoms with Crippen molar-refractivity contribution in [3.8, 4) is 5.75 Å². The van der Waals surface area contributed by atoms with Crippen molar-refractivity contribution in [1.82, 2.24) is 15.1 Å². The number of alkyl halides is 3. The van der Waals surface area contributed by atoms with Crippen LogP contribution in [0.4, 0.5) is 18.0 Å². The van der Waals surface area contributed by atoms with Gasteiger partial charge in [-0.1, -0.05) is 23.2 Å². The van der Waals surface area contributed by atoms with E-state index in [-0.39, 0.29) is 23.7 Å². The number of halogens is 5. The molecule has 2 saturated heterocycles. The first-order valence-electron chi connectivity index (χ1n) is 9.90. The van der Waals surface area contributed by atoms with Crippen LogP contribution in [0.2, 0.25) is 10.0 Å². The molecule has 1 aromatic carbocycles. The van der Waals surface area contributed by atoms with Crippen molar-refractivity contribution < 1.29 is 33.0 Å². The van der Waals surface area contributed by atoms with Crippen LogP contribution in [0.25, 0.3) is 0 Å². The number of carbonyl (C=O) groups is 2. The fourth-order valence-electron chi connectivity index (χ4n) is 3.58. The van der Waals surface area contributed by atoms with E-state index in [1.807, 2.05) is 9.80 Å². The van der Waals surface area contributed by atoms with E-state index in [4.69, 9.17) is 38.8 Å². The summed E-state index contributed by atoms with van der Waals surface area (Å²) in [5, 5.41) is 21.2. The topological polar surface area (TPSA) is 119 Å². The van der Waals surface area contributed by atoms with Crippen LogP contribution in [0.3, 0.4) is 0 Å². The lowest BCUT2D eigenvalue weighted by Gasteiger charge is -2.38. The number of urea groups is 1. The molecule has 8 nitrogen and oxygen atoms in total. The molecule has 1 aromatic rings. The number of rotatable bonds is 2. The average Bonchev–Trinajstić information content (AvgIpc) is 2.76. The normalized spacial score (nSPS) is 18.6. The maximum atomic E-state index is 12.6. The Bertz CT molecular complexity index is 814. The Hall–Kier alpha value is -1.95. The molecule has 180 valence electrons. The molecule has 0 radical (unpaired) electrons. The van der Waals surface area contributed by atoms with Gasteiger partial charge >= 0.3 is 18.2 Å². The molecular formula is C19H25Cl2F3N4O4. The molecule has 2 aliphatic heterocycles. The van der Waals surface area contributed by atoms with Gasteiger partial charge in [-0.25, -0.2) is 9.59 Å². The van der Waals surface area contributed by atoms with Gasteiger partial charge in [0, 0.05) is 56.9 Å². The van der Waals surface area contributed by atoms with Crippen molar-refractivity contribution in [2.24, 2.45) is 11.7 Å². The number of hydrogen-bond donors (Lipinski definition) is 4. The van der Waals surface area contributed by atoms with Crippen molar-refractivity contribution in [3.05, 3.63) is 27.7 Å². The summed E-state index contributed by atoms with van der Waals surface area (Å²) in [5.41, 5.74) is 6.98. The van der Waals surface area contributed by atoms with Crippen molar-refractivity contribution in [2.45, 2.75) is 25.1 Å². The number of nitrogens with one attached hydrogen (secondary N) is 1. The van der Waals surface area contributed by atoms with Gasteiger partial charge in [0.15, 0.2) is 0 Å². The Morgan fingerprint density at radius 1 is 1.06 bits per heavy atom. The highest BCUT2D eigenvalue weighted by Crippen LogP contribution is 2.37. The molecule has 0 saturated carbocycles. The zero-order valence-corrected chi connectivity index (χ0v) is 18.6. The summed E-state index contributed by atoms with van der Waals surface area (Å²) in [6.07, 6.45) is -3.47. The highest BCUT2D eigenvalue weighted by Gasteiger charge is 2.38. The number of piperazine rings is 1. The van der Waals surface area contributed by atoms with Crippen LogP contribution in [-0.4, -0.2) is 77.5 Å². The lowest BCUT2D eigenvalue weighted by molar-refractivity contribution is -0.192. The van der Waals surface area contributed by atoms with E-state index >= 15 is 0 Å². The number of amides is 2. The van der Waals surface area contributed by atoms with Crippen LogP contribution in [0.5, 0.6) is 5.75 Å². The Morgan fingerprint density at radius 2 is 1.53 bits per heavy atom. The summed E-state index contributed by atoms with van der Waals surface area (Å²) < 4.78 is 31.7. The van der Waals surface area contributed by atoms with Crippen molar-refractivity contribution in [2.75, 3.05) is 39.3 Å². The molecular weight excluding hydrogens is 476 g/mol. The van der Waals surface area contributed by atoms with Gasteiger partial charge in [-0.15, -0.1) is 0 Å².